The summed E-state index contributed by atoms with van der Waals surface area (Å²) < 4.78 is 20.1. The number of para-hydroxylation sites is 2. The summed E-state index contributed by atoms with van der Waals surface area (Å²) in [7, 11) is 0. The van der Waals surface area contributed by atoms with E-state index < -0.39 is 0 Å². The van der Waals surface area contributed by atoms with Crippen LogP contribution in [0.5, 0.6) is 5.75 Å². The van der Waals surface area contributed by atoms with E-state index in [0.717, 1.165) is 17.9 Å². The Morgan fingerprint density at radius 2 is 2.15 bits per heavy atom. The average molecular weight is 293 g/mol. The Kier molecular flexibility index (Phi) is 3.74. The molecule has 2 aromatic rings. The van der Waals surface area contributed by atoms with Crippen molar-refractivity contribution in [2.45, 2.75) is 12.3 Å². The van der Waals surface area contributed by atoms with Crippen LogP contribution >= 0.6 is 11.6 Å². The lowest BCUT2D eigenvalue weighted by atomic mass is 10.2. The van der Waals surface area contributed by atoms with E-state index in [1.807, 2.05) is 29.2 Å². The molecular weight excluding hydrogens is 279 g/mol. The zero-order valence-electron chi connectivity index (χ0n) is 10.9. The standard InChI is InChI=1S/C15H14ClFN2O/c16-10-11-6-7-18-15(14(11)17)19-8-3-9-20-13-5-2-1-4-12(13)19/h1-2,4-7H,3,8-10H2. The SMILES string of the molecule is Fc1c(CCl)ccnc1N1CCCOc2ccccc21. The number of fused-ring (bicyclic) bond motifs is 1. The largest absolute Gasteiger partial charge is 0.491 e. The van der Waals surface area contributed by atoms with Crippen LogP contribution in [0.3, 0.4) is 0 Å². The predicted molar refractivity (Wildman–Crippen MR) is 77.3 cm³/mol. The first-order valence-electron chi connectivity index (χ1n) is 6.50. The lowest BCUT2D eigenvalue weighted by molar-refractivity contribution is 0.322. The van der Waals surface area contributed by atoms with Gasteiger partial charge in [-0.05, 0) is 24.6 Å². The number of hydrogen-bond donors (Lipinski definition) is 0. The van der Waals surface area contributed by atoms with Gasteiger partial charge in [-0.15, -0.1) is 11.6 Å². The summed E-state index contributed by atoms with van der Waals surface area (Å²) in [6, 6.07) is 9.21. The number of benzene rings is 1. The number of halogens is 2. The first kappa shape index (κ1) is 13.2. The van der Waals surface area contributed by atoms with Gasteiger partial charge in [0.2, 0.25) is 0 Å². The number of rotatable bonds is 2. The first-order chi connectivity index (χ1) is 9.81. The molecule has 1 aliphatic rings. The summed E-state index contributed by atoms with van der Waals surface area (Å²) in [6.45, 7) is 1.27. The van der Waals surface area contributed by atoms with Crippen LogP contribution in [-0.4, -0.2) is 18.1 Å². The van der Waals surface area contributed by atoms with Crippen LogP contribution in [0.2, 0.25) is 0 Å². The Bertz CT molecular complexity index is 621. The van der Waals surface area contributed by atoms with Crippen molar-refractivity contribution < 1.29 is 9.13 Å². The molecule has 0 N–H and O–H groups in total. The number of alkyl halides is 1. The molecule has 104 valence electrons. The zero-order chi connectivity index (χ0) is 13.9. The smallest absolute Gasteiger partial charge is 0.170 e. The van der Waals surface area contributed by atoms with E-state index in [9.17, 15) is 4.39 Å². The molecule has 1 aromatic carbocycles. The van der Waals surface area contributed by atoms with Gasteiger partial charge in [-0.25, -0.2) is 9.37 Å². The van der Waals surface area contributed by atoms with E-state index in [2.05, 4.69) is 4.98 Å². The van der Waals surface area contributed by atoms with E-state index in [1.165, 1.54) is 0 Å². The monoisotopic (exact) mass is 292 g/mol. The van der Waals surface area contributed by atoms with Gasteiger partial charge in [0.15, 0.2) is 11.6 Å². The number of anilines is 2. The van der Waals surface area contributed by atoms with Gasteiger partial charge in [0.25, 0.3) is 0 Å². The second-order valence-corrected chi connectivity index (χ2v) is 4.83. The molecule has 0 fully saturated rings. The van der Waals surface area contributed by atoms with Crippen LogP contribution in [0.15, 0.2) is 36.5 Å². The Morgan fingerprint density at radius 1 is 1.30 bits per heavy atom. The minimum atomic E-state index is -0.362. The highest BCUT2D eigenvalue weighted by Gasteiger charge is 2.22. The maximum atomic E-state index is 14.5. The number of aromatic nitrogens is 1. The van der Waals surface area contributed by atoms with Crippen LogP contribution in [0.25, 0.3) is 0 Å². The normalized spacial score (nSPS) is 14.4. The summed E-state index contributed by atoms with van der Waals surface area (Å²) >= 11 is 5.76. The summed E-state index contributed by atoms with van der Waals surface area (Å²) in [5, 5.41) is 0. The molecule has 5 heteroatoms. The van der Waals surface area contributed by atoms with Crippen molar-refractivity contribution in [2.75, 3.05) is 18.1 Å². The van der Waals surface area contributed by atoms with Crippen molar-refractivity contribution >= 4 is 23.1 Å². The highest BCUT2D eigenvalue weighted by molar-refractivity contribution is 6.17. The fraction of sp³-hybridized carbons (Fsp3) is 0.267. The maximum absolute atomic E-state index is 14.5. The van der Waals surface area contributed by atoms with Gasteiger partial charge in [-0.3, -0.25) is 0 Å². The summed E-state index contributed by atoms with van der Waals surface area (Å²) in [4.78, 5) is 6.04. The van der Waals surface area contributed by atoms with E-state index in [4.69, 9.17) is 16.3 Å². The molecule has 1 aliphatic heterocycles. The maximum Gasteiger partial charge on any atom is 0.170 e. The van der Waals surface area contributed by atoms with Crippen molar-refractivity contribution in [1.82, 2.24) is 4.98 Å². The highest BCUT2D eigenvalue weighted by atomic mass is 35.5. The molecular formula is C15H14ClFN2O. The van der Waals surface area contributed by atoms with Gasteiger partial charge < -0.3 is 9.64 Å². The molecule has 0 radical (unpaired) electrons. The summed E-state index contributed by atoms with van der Waals surface area (Å²) in [6.07, 6.45) is 2.39. The Morgan fingerprint density at radius 3 is 3.00 bits per heavy atom. The van der Waals surface area contributed by atoms with E-state index in [-0.39, 0.29) is 11.7 Å². The summed E-state index contributed by atoms with van der Waals surface area (Å²) in [5.41, 5.74) is 1.29. The van der Waals surface area contributed by atoms with Crippen LogP contribution in [0.4, 0.5) is 15.9 Å². The topological polar surface area (TPSA) is 25.4 Å². The predicted octanol–water partition coefficient (Wildman–Crippen LogP) is 3.88. The average Bonchev–Trinajstić information content (AvgIpc) is 2.70. The fourth-order valence-electron chi connectivity index (χ4n) is 2.31. The molecule has 1 aromatic heterocycles. The third-order valence-corrected chi connectivity index (χ3v) is 3.58. The minimum absolute atomic E-state index is 0.132. The number of pyridine rings is 1. The van der Waals surface area contributed by atoms with Crippen molar-refractivity contribution in [1.29, 1.82) is 0 Å². The second kappa shape index (κ2) is 5.67. The third-order valence-electron chi connectivity index (χ3n) is 3.29. The molecule has 0 spiro atoms. The first-order valence-corrected chi connectivity index (χ1v) is 7.03. The van der Waals surface area contributed by atoms with Gasteiger partial charge in [0.05, 0.1) is 18.2 Å². The van der Waals surface area contributed by atoms with E-state index in [0.29, 0.717) is 24.5 Å². The molecule has 3 rings (SSSR count). The van der Waals surface area contributed by atoms with Gasteiger partial charge in [0.1, 0.15) is 5.75 Å². The van der Waals surface area contributed by atoms with Gasteiger partial charge in [0, 0.05) is 18.3 Å². The zero-order valence-corrected chi connectivity index (χ0v) is 11.6. The van der Waals surface area contributed by atoms with Crippen LogP contribution in [-0.2, 0) is 5.88 Å². The molecule has 0 aliphatic carbocycles. The van der Waals surface area contributed by atoms with Crippen molar-refractivity contribution in [3.63, 3.8) is 0 Å². The van der Waals surface area contributed by atoms with Crippen molar-refractivity contribution in [3.8, 4) is 5.75 Å². The van der Waals surface area contributed by atoms with Crippen LogP contribution in [0, 0.1) is 5.82 Å². The molecule has 3 nitrogen and oxygen atoms in total. The lowest BCUT2D eigenvalue weighted by Gasteiger charge is -2.23. The number of hydrogen-bond acceptors (Lipinski definition) is 3. The molecule has 0 saturated carbocycles. The molecule has 20 heavy (non-hydrogen) atoms. The van der Waals surface area contributed by atoms with Crippen molar-refractivity contribution in [2.24, 2.45) is 0 Å². The molecule has 0 unspecified atom stereocenters. The molecule has 0 amide bonds. The Labute approximate surface area is 122 Å². The number of ether oxygens (including phenoxy) is 1. The van der Waals surface area contributed by atoms with Gasteiger partial charge in [-0.2, -0.15) is 0 Å². The van der Waals surface area contributed by atoms with E-state index >= 15 is 0 Å². The van der Waals surface area contributed by atoms with Gasteiger partial charge >= 0.3 is 0 Å². The highest BCUT2D eigenvalue weighted by Crippen LogP contribution is 2.36. The minimum Gasteiger partial charge on any atom is -0.491 e. The van der Waals surface area contributed by atoms with E-state index in [1.54, 1.807) is 12.3 Å². The Hall–Kier alpha value is -1.81. The second-order valence-electron chi connectivity index (χ2n) is 4.56. The van der Waals surface area contributed by atoms with Crippen molar-refractivity contribution in [3.05, 3.63) is 47.9 Å². The lowest BCUT2D eigenvalue weighted by Crippen LogP contribution is -2.20. The quantitative estimate of drug-likeness (QED) is 0.786. The summed E-state index contributed by atoms with van der Waals surface area (Å²) in [5.74, 6) is 0.829. The molecule has 0 bridgehead atoms. The Balaban J connectivity index is 2.10. The van der Waals surface area contributed by atoms with Gasteiger partial charge in [-0.1, -0.05) is 12.1 Å². The molecule has 0 saturated heterocycles. The third kappa shape index (κ3) is 2.31. The fourth-order valence-corrected chi connectivity index (χ4v) is 2.52. The van der Waals surface area contributed by atoms with Crippen LogP contribution < -0.4 is 9.64 Å². The molecule has 2 heterocycles. The number of nitrogens with zero attached hydrogens (tertiary/aromatic N) is 2. The molecule has 0 atom stereocenters. The van der Waals surface area contributed by atoms with Crippen LogP contribution in [0.1, 0.15) is 12.0 Å².